The van der Waals surface area contributed by atoms with E-state index in [1.165, 1.54) is 12.5 Å². The maximum Gasteiger partial charge on any atom is 0.227 e. The molecule has 1 rings (SSSR count). The summed E-state index contributed by atoms with van der Waals surface area (Å²) in [6.45, 7) is 1.73. The Morgan fingerprint density at radius 3 is 2.50 bits per heavy atom. The van der Waals surface area contributed by atoms with Crippen LogP contribution in [-0.4, -0.2) is 12.2 Å². The van der Waals surface area contributed by atoms with Crippen molar-refractivity contribution >= 4 is 12.2 Å². The van der Waals surface area contributed by atoms with E-state index in [1.54, 1.807) is 6.92 Å². The maximum absolute atomic E-state index is 11.6. The maximum atomic E-state index is 11.6. The molecule has 1 aliphatic rings. The normalized spacial score (nSPS) is 19.1. The monoisotopic (exact) mass is 195 g/mol. The number of carbonyl (C=O) groups is 2. The van der Waals surface area contributed by atoms with Gasteiger partial charge in [0.05, 0.1) is 0 Å². The molecule has 3 nitrogen and oxygen atoms in total. The molecule has 0 atom stereocenters. The van der Waals surface area contributed by atoms with Crippen LogP contribution < -0.4 is 5.32 Å². The van der Waals surface area contributed by atoms with Crippen molar-refractivity contribution in [2.45, 2.75) is 39.0 Å². The highest BCUT2D eigenvalue weighted by molar-refractivity contribution is 5.81. The Balaban J connectivity index is 2.40. The van der Waals surface area contributed by atoms with Gasteiger partial charge in [-0.15, -0.1) is 0 Å². The molecule has 0 heterocycles. The lowest BCUT2D eigenvalue weighted by Gasteiger charge is -2.20. The van der Waals surface area contributed by atoms with Crippen molar-refractivity contribution in [3.63, 3.8) is 0 Å². The van der Waals surface area contributed by atoms with Gasteiger partial charge >= 0.3 is 0 Å². The number of hydrogen-bond donors (Lipinski definition) is 1. The molecule has 0 saturated heterocycles. The fourth-order valence-corrected chi connectivity index (χ4v) is 1.80. The van der Waals surface area contributed by atoms with Crippen LogP contribution >= 0.6 is 0 Å². The summed E-state index contributed by atoms with van der Waals surface area (Å²) in [5, 5.41) is 2.74. The smallest absolute Gasteiger partial charge is 0.227 e. The number of allylic oxidation sites excluding steroid dienone is 2. The Morgan fingerprint density at radius 2 is 1.93 bits per heavy atom. The molecule has 1 aliphatic carbocycles. The van der Waals surface area contributed by atoms with Gasteiger partial charge in [0.25, 0.3) is 0 Å². The third-order valence-corrected chi connectivity index (χ3v) is 2.61. The molecule has 0 unspecified atom stereocenters. The van der Waals surface area contributed by atoms with E-state index in [0.717, 1.165) is 25.7 Å². The van der Waals surface area contributed by atoms with E-state index < -0.39 is 0 Å². The molecule has 1 saturated carbocycles. The van der Waals surface area contributed by atoms with Crippen LogP contribution in [0.4, 0.5) is 0 Å². The molecular formula is C11H17NO2. The SMILES string of the molecule is CC(=CC=O)NC(=O)C1CCCCC1. The Morgan fingerprint density at radius 1 is 1.29 bits per heavy atom. The summed E-state index contributed by atoms with van der Waals surface area (Å²) in [4.78, 5) is 21.8. The molecule has 0 radical (unpaired) electrons. The number of aldehydes is 1. The highest BCUT2D eigenvalue weighted by Crippen LogP contribution is 2.23. The predicted octanol–water partition coefficient (Wildman–Crippen LogP) is 1.79. The Bertz CT molecular complexity index is 240. The van der Waals surface area contributed by atoms with Crippen LogP contribution in [0.15, 0.2) is 11.8 Å². The van der Waals surface area contributed by atoms with Gasteiger partial charge in [0.1, 0.15) is 6.29 Å². The highest BCUT2D eigenvalue weighted by atomic mass is 16.2. The number of amides is 1. The Hall–Kier alpha value is -1.12. The van der Waals surface area contributed by atoms with Crippen molar-refractivity contribution in [3.8, 4) is 0 Å². The van der Waals surface area contributed by atoms with Gasteiger partial charge in [-0.3, -0.25) is 9.59 Å². The van der Waals surface area contributed by atoms with Crippen molar-refractivity contribution in [1.82, 2.24) is 5.32 Å². The van der Waals surface area contributed by atoms with E-state index in [2.05, 4.69) is 5.32 Å². The first-order valence-corrected chi connectivity index (χ1v) is 5.17. The van der Waals surface area contributed by atoms with Crippen LogP contribution in [0.3, 0.4) is 0 Å². The molecule has 1 N–H and O–H groups in total. The molecule has 0 aliphatic heterocycles. The van der Waals surface area contributed by atoms with Gasteiger partial charge in [0.2, 0.25) is 5.91 Å². The first kappa shape index (κ1) is 11.0. The van der Waals surface area contributed by atoms with Crippen LogP contribution in [-0.2, 0) is 9.59 Å². The van der Waals surface area contributed by atoms with Crippen LogP contribution in [0.1, 0.15) is 39.0 Å². The van der Waals surface area contributed by atoms with Gasteiger partial charge in [-0.25, -0.2) is 0 Å². The lowest BCUT2D eigenvalue weighted by atomic mass is 9.88. The van der Waals surface area contributed by atoms with Gasteiger partial charge in [0.15, 0.2) is 0 Å². The first-order valence-electron chi connectivity index (χ1n) is 5.17. The summed E-state index contributed by atoms with van der Waals surface area (Å²) in [6, 6.07) is 0. The largest absolute Gasteiger partial charge is 0.330 e. The van der Waals surface area contributed by atoms with E-state index in [4.69, 9.17) is 0 Å². The number of hydrogen-bond acceptors (Lipinski definition) is 2. The molecule has 1 fully saturated rings. The molecular weight excluding hydrogens is 178 g/mol. The van der Waals surface area contributed by atoms with Crippen LogP contribution in [0.25, 0.3) is 0 Å². The second-order valence-electron chi connectivity index (χ2n) is 3.81. The van der Waals surface area contributed by atoms with Crippen LogP contribution in [0, 0.1) is 5.92 Å². The van der Waals surface area contributed by atoms with Gasteiger partial charge < -0.3 is 5.32 Å². The van der Waals surface area contributed by atoms with Crippen molar-refractivity contribution in [1.29, 1.82) is 0 Å². The Kier molecular flexibility index (Phi) is 4.36. The third-order valence-electron chi connectivity index (χ3n) is 2.61. The van der Waals surface area contributed by atoms with E-state index in [0.29, 0.717) is 12.0 Å². The van der Waals surface area contributed by atoms with Crippen LogP contribution in [0.5, 0.6) is 0 Å². The lowest BCUT2D eigenvalue weighted by Crippen LogP contribution is -2.30. The van der Waals surface area contributed by atoms with E-state index in [9.17, 15) is 9.59 Å². The molecule has 0 aromatic heterocycles. The molecule has 0 aromatic carbocycles. The van der Waals surface area contributed by atoms with E-state index >= 15 is 0 Å². The molecule has 3 heteroatoms. The minimum Gasteiger partial charge on any atom is -0.330 e. The molecule has 1 amide bonds. The van der Waals surface area contributed by atoms with Crippen LogP contribution in [0.2, 0.25) is 0 Å². The predicted molar refractivity (Wildman–Crippen MR) is 54.5 cm³/mol. The highest BCUT2D eigenvalue weighted by Gasteiger charge is 2.20. The zero-order chi connectivity index (χ0) is 10.4. The number of rotatable bonds is 3. The van der Waals surface area contributed by atoms with Crippen molar-refractivity contribution in [2.75, 3.05) is 0 Å². The fraction of sp³-hybridized carbons (Fsp3) is 0.636. The fourth-order valence-electron chi connectivity index (χ4n) is 1.80. The topological polar surface area (TPSA) is 46.2 Å². The summed E-state index contributed by atoms with van der Waals surface area (Å²) >= 11 is 0. The minimum absolute atomic E-state index is 0.0697. The van der Waals surface area contributed by atoms with Gasteiger partial charge in [-0.2, -0.15) is 0 Å². The molecule has 0 bridgehead atoms. The average Bonchev–Trinajstić information content (AvgIpc) is 2.19. The summed E-state index contributed by atoms with van der Waals surface area (Å²) in [5.74, 6) is 0.221. The second kappa shape index (κ2) is 5.58. The van der Waals surface area contributed by atoms with E-state index in [1.807, 2.05) is 0 Å². The minimum atomic E-state index is 0.0697. The molecule has 78 valence electrons. The van der Waals surface area contributed by atoms with Crippen molar-refractivity contribution in [2.24, 2.45) is 5.92 Å². The lowest BCUT2D eigenvalue weighted by molar-refractivity contribution is -0.125. The van der Waals surface area contributed by atoms with E-state index in [-0.39, 0.29) is 11.8 Å². The third kappa shape index (κ3) is 3.32. The summed E-state index contributed by atoms with van der Waals surface area (Å²) in [6.07, 6.45) is 7.58. The summed E-state index contributed by atoms with van der Waals surface area (Å²) in [7, 11) is 0. The standard InChI is InChI=1S/C11H17NO2/c1-9(7-8-13)12-11(14)10-5-3-2-4-6-10/h7-8,10H,2-6H2,1H3,(H,12,14). The zero-order valence-electron chi connectivity index (χ0n) is 8.58. The Labute approximate surface area is 84.6 Å². The van der Waals surface area contributed by atoms with Crippen molar-refractivity contribution in [3.05, 3.63) is 11.8 Å². The first-order chi connectivity index (χ1) is 6.74. The number of carbonyl (C=O) groups excluding carboxylic acids is 2. The summed E-state index contributed by atoms with van der Waals surface area (Å²) in [5.41, 5.74) is 0.635. The van der Waals surface area contributed by atoms with Gasteiger partial charge in [-0.05, 0) is 25.8 Å². The second-order valence-corrected chi connectivity index (χ2v) is 3.81. The molecule has 0 aromatic rings. The quantitative estimate of drug-likeness (QED) is 0.551. The number of nitrogens with one attached hydrogen (secondary N) is 1. The zero-order valence-corrected chi connectivity index (χ0v) is 8.58. The van der Waals surface area contributed by atoms with Gasteiger partial charge in [-0.1, -0.05) is 19.3 Å². The average molecular weight is 195 g/mol. The molecule has 0 spiro atoms. The van der Waals surface area contributed by atoms with Crippen molar-refractivity contribution < 1.29 is 9.59 Å². The summed E-state index contributed by atoms with van der Waals surface area (Å²) < 4.78 is 0. The molecule has 14 heavy (non-hydrogen) atoms. The van der Waals surface area contributed by atoms with Gasteiger partial charge in [0, 0.05) is 11.6 Å².